The molecular formula is C12H16BrNO. The third kappa shape index (κ3) is 4.47. The van der Waals surface area contributed by atoms with Gasteiger partial charge in [-0.3, -0.25) is 0 Å². The van der Waals surface area contributed by atoms with Gasteiger partial charge in [-0.2, -0.15) is 0 Å². The minimum absolute atomic E-state index is 0.248. The van der Waals surface area contributed by atoms with Crippen molar-refractivity contribution in [1.29, 1.82) is 0 Å². The van der Waals surface area contributed by atoms with Gasteiger partial charge in [0.1, 0.15) is 5.60 Å². The fraction of sp³-hybridized carbons (Fsp3) is 0.417. The Hall–Kier alpha value is -0.830. The zero-order chi connectivity index (χ0) is 11.3. The van der Waals surface area contributed by atoms with E-state index in [0.29, 0.717) is 5.33 Å². The number of oxime groups is 1. The second kappa shape index (κ2) is 5.31. The summed E-state index contributed by atoms with van der Waals surface area (Å²) in [4.78, 5) is 5.39. The monoisotopic (exact) mass is 269 g/mol. The van der Waals surface area contributed by atoms with Crippen LogP contribution >= 0.6 is 15.9 Å². The highest BCUT2D eigenvalue weighted by atomic mass is 79.9. The van der Waals surface area contributed by atoms with Gasteiger partial charge >= 0.3 is 0 Å². The van der Waals surface area contributed by atoms with Crippen LogP contribution in [0.2, 0.25) is 0 Å². The van der Waals surface area contributed by atoms with Crippen molar-refractivity contribution in [2.75, 3.05) is 5.33 Å². The molecule has 0 radical (unpaired) electrons. The molecule has 1 aromatic rings. The molecule has 0 heterocycles. The number of benzene rings is 1. The van der Waals surface area contributed by atoms with Crippen LogP contribution in [0, 0.1) is 0 Å². The number of halogens is 1. The smallest absolute Gasteiger partial charge is 0.129 e. The second-order valence-electron chi connectivity index (χ2n) is 4.24. The van der Waals surface area contributed by atoms with Gasteiger partial charge in [-0.25, -0.2) is 0 Å². The summed E-state index contributed by atoms with van der Waals surface area (Å²) in [5.74, 6) is 0. The Morgan fingerprint density at radius 3 is 2.33 bits per heavy atom. The maximum Gasteiger partial charge on any atom is 0.129 e. The van der Waals surface area contributed by atoms with Gasteiger partial charge in [0.25, 0.3) is 0 Å². The Morgan fingerprint density at radius 2 is 1.87 bits per heavy atom. The highest BCUT2D eigenvalue weighted by Crippen LogP contribution is 2.10. The van der Waals surface area contributed by atoms with Crippen molar-refractivity contribution >= 4 is 21.6 Å². The number of nitrogens with zero attached hydrogens (tertiary/aromatic N) is 1. The van der Waals surface area contributed by atoms with Gasteiger partial charge in [0.15, 0.2) is 0 Å². The summed E-state index contributed by atoms with van der Waals surface area (Å²) in [7, 11) is 0. The zero-order valence-electron chi connectivity index (χ0n) is 9.33. The first kappa shape index (κ1) is 12.2. The quantitative estimate of drug-likeness (QED) is 0.467. The molecule has 0 aliphatic heterocycles. The van der Waals surface area contributed by atoms with Crippen molar-refractivity contribution in [2.24, 2.45) is 5.16 Å². The molecule has 0 spiro atoms. The lowest BCUT2D eigenvalue weighted by atomic mass is 10.1. The van der Waals surface area contributed by atoms with E-state index in [1.54, 1.807) is 0 Å². The van der Waals surface area contributed by atoms with E-state index in [9.17, 15) is 0 Å². The number of hydrogen-bond acceptors (Lipinski definition) is 2. The largest absolute Gasteiger partial charge is 0.390 e. The summed E-state index contributed by atoms with van der Waals surface area (Å²) in [6.07, 6.45) is 0. The molecule has 0 fully saturated rings. The molecule has 0 saturated carbocycles. The van der Waals surface area contributed by atoms with Crippen LogP contribution in [0.1, 0.15) is 26.3 Å². The van der Waals surface area contributed by atoms with Crippen LogP contribution in [0.25, 0.3) is 0 Å². The van der Waals surface area contributed by atoms with E-state index in [1.807, 2.05) is 51.1 Å². The molecule has 0 amide bonds. The molecule has 15 heavy (non-hydrogen) atoms. The van der Waals surface area contributed by atoms with Crippen LogP contribution in [0.5, 0.6) is 0 Å². The van der Waals surface area contributed by atoms with E-state index < -0.39 is 0 Å². The lowest BCUT2D eigenvalue weighted by Crippen LogP contribution is -2.17. The van der Waals surface area contributed by atoms with Crippen LogP contribution in [-0.2, 0) is 4.84 Å². The summed E-state index contributed by atoms with van der Waals surface area (Å²) in [5.41, 5.74) is 1.74. The summed E-state index contributed by atoms with van der Waals surface area (Å²) in [5, 5.41) is 4.84. The molecule has 0 atom stereocenters. The fourth-order valence-electron chi connectivity index (χ4n) is 0.977. The van der Waals surface area contributed by atoms with Gasteiger partial charge in [0.05, 0.1) is 5.71 Å². The molecular weight excluding hydrogens is 254 g/mol. The summed E-state index contributed by atoms with van der Waals surface area (Å²) in [6, 6.07) is 10.0. The summed E-state index contributed by atoms with van der Waals surface area (Å²) < 4.78 is 0. The Labute approximate surface area is 99.5 Å². The van der Waals surface area contributed by atoms with E-state index >= 15 is 0 Å². The lowest BCUT2D eigenvalue weighted by Gasteiger charge is -2.16. The van der Waals surface area contributed by atoms with E-state index in [0.717, 1.165) is 11.3 Å². The molecule has 1 rings (SSSR count). The molecule has 0 N–H and O–H groups in total. The van der Waals surface area contributed by atoms with E-state index in [-0.39, 0.29) is 5.60 Å². The second-order valence-corrected chi connectivity index (χ2v) is 4.80. The molecule has 3 heteroatoms. The summed E-state index contributed by atoms with van der Waals surface area (Å²) >= 11 is 3.41. The molecule has 0 bridgehead atoms. The average molecular weight is 270 g/mol. The number of hydrogen-bond donors (Lipinski definition) is 0. The molecule has 2 nitrogen and oxygen atoms in total. The van der Waals surface area contributed by atoms with Gasteiger partial charge in [-0.05, 0) is 20.8 Å². The van der Waals surface area contributed by atoms with E-state index in [4.69, 9.17) is 4.84 Å². The lowest BCUT2D eigenvalue weighted by molar-refractivity contribution is 0.00102. The van der Waals surface area contributed by atoms with Crippen LogP contribution < -0.4 is 0 Å². The highest BCUT2D eigenvalue weighted by molar-refractivity contribution is 9.09. The Balaban J connectivity index is 2.81. The molecule has 0 unspecified atom stereocenters. The average Bonchev–Trinajstić information content (AvgIpc) is 2.19. The first-order chi connectivity index (χ1) is 7.03. The predicted octanol–water partition coefficient (Wildman–Crippen LogP) is 3.60. The molecule has 0 aliphatic rings. The molecule has 0 aliphatic carbocycles. The Bertz CT molecular complexity index is 327. The van der Waals surface area contributed by atoms with Crippen molar-refractivity contribution in [2.45, 2.75) is 26.4 Å². The van der Waals surface area contributed by atoms with Crippen LogP contribution in [-0.4, -0.2) is 16.6 Å². The molecule has 1 aromatic carbocycles. The molecule has 82 valence electrons. The molecule has 0 aromatic heterocycles. The number of rotatable bonds is 3. The Kier molecular flexibility index (Phi) is 4.33. The normalized spacial score (nSPS) is 12.7. The maximum absolute atomic E-state index is 5.39. The first-order valence-corrected chi connectivity index (χ1v) is 6.01. The van der Waals surface area contributed by atoms with Crippen LogP contribution in [0.15, 0.2) is 35.5 Å². The topological polar surface area (TPSA) is 21.6 Å². The minimum Gasteiger partial charge on any atom is -0.390 e. The number of alkyl halides is 1. The third-order valence-electron chi connectivity index (χ3n) is 1.66. The van der Waals surface area contributed by atoms with Crippen molar-refractivity contribution in [3.05, 3.63) is 35.9 Å². The van der Waals surface area contributed by atoms with Gasteiger partial charge in [0.2, 0.25) is 0 Å². The van der Waals surface area contributed by atoms with Crippen molar-refractivity contribution in [1.82, 2.24) is 0 Å². The third-order valence-corrected chi connectivity index (χ3v) is 2.19. The van der Waals surface area contributed by atoms with E-state index in [1.165, 1.54) is 0 Å². The van der Waals surface area contributed by atoms with Gasteiger partial charge in [-0.15, -0.1) is 0 Å². The molecule has 0 saturated heterocycles. The predicted molar refractivity (Wildman–Crippen MR) is 67.6 cm³/mol. The summed E-state index contributed by atoms with van der Waals surface area (Å²) in [6.45, 7) is 5.94. The van der Waals surface area contributed by atoms with Crippen molar-refractivity contribution < 1.29 is 4.84 Å². The first-order valence-electron chi connectivity index (χ1n) is 4.89. The van der Waals surface area contributed by atoms with E-state index in [2.05, 4.69) is 21.1 Å². The standard InChI is InChI=1S/C12H16BrNO/c1-12(2,3)15-14-11(9-13)10-7-5-4-6-8-10/h4-8H,9H2,1-3H3. The minimum atomic E-state index is -0.248. The zero-order valence-corrected chi connectivity index (χ0v) is 10.9. The van der Waals surface area contributed by atoms with Crippen molar-refractivity contribution in [3.8, 4) is 0 Å². The van der Waals surface area contributed by atoms with Crippen LogP contribution in [0.4, 0.5) is 0 Å². The Morgan fingerprint density at radius 1 is 1.27 bits per heavy atom. The van der Waals surface area contributed by atoms with Gasteiger partial charge in [-0.1, -0.05) is 51.4 Å². The van der Waals surface area contributed by atoms with Crippen molar-refractivity contribution in [3.63, 3.8) is 0 Å². The van der Waals surface area contributed by atoms with Crippen LogP contribution in [0.3, 0.4) is 0 Å². The fourth-order valence-corrected chi connectivity index (χ4v) is 1.40. The SMILES string of the molecule is CC(C)(C)ON=C(CBr)c1ccccc1. The van der Waals surface area contributed by atoms with Gasteiger partial charge in [0, 0.05) is 10.9 Å². The maximum atomic E-state index is 5.39. The highest BCUT2D eigenvalue weighted by Gasteiger charge is 2.11. The van der Waals surface area contributed by atoms with Gasteiger partial charge < -0.3 is 4.84 Å².